The topological polar surface area (TPSA) is 94.0 Å². The van der Waals surface area contributed by atoms with Gasteiger partial charge in [0, 0.05) is 96.0 Å². The second-order valence-corrected chi connectivity index (χ2v) is 13.1. The number of amides is 2. The minimum absolute atomic E-state index is 0.0654. The van der Waals surface area contributed by atoms with Crippen molar-refractivity contribution < 1.29 is 13.6 Å². The Bertz CT molecular complexity index is 2020. The molecule has 250 valence electrons. The number of piperidine rings is 2. The lowest BCUT2D eigenvalue weighted by Crippen LogP contribution is -2.44. The number of aromatic amines is 2. The molecule has 10 nitrogen and oxygen atoms in total. The first-order chi connectivity index (χ1) is 23.2. The minimum Gasteiger partial charge on any atom is -0.360 e. The van der Waals surface area contributed by atoms with E-state index in [9.17, 15) is 13.6 Å². The van der Waals surface area contributed by atoms with E-state index in [1.54, 1.807) is 25.1 Å². The van der Waals surface area contributed by atoms with E-state index in [1.807, 2.05) is 46.6 Å². The number of carbonyl (C=O) groups excluding carboxylic acids is 1. The van der Waals surface area contributed by atoms with Crippen molar-refractivity contribution in [3.63, 3.8) is 0 Å². The zero-order chi connectivity index (χ0) is 33.4. The van der Waals surface area contributed by atoms with Gasteiger partial charge in [-0.25, -0.2) is 13.6 Å². The van der Waals surface area contributed by atoms with Crippen LogP contribution in [-0.4, -0.2) is 97.6 Å². The molecule has 2 amide bonds. The molecule has 4 aromatic heterocycles. The normalized spacial score (nSPS) is 16.4. The predicted molar refractivity (Wildman–Crippen MR) is 184 cm³/mol. The molecule has 2 aromatic carbocycles. The van der Waals surface area contributed by atoms with Crippen LogP contribution in [0.2, 0.25) is 0 Å². The summed E-state index contributed by atoms with van der Waals surface area (Å²) in [5.74, 6) is -0.469. The van der Waals surface area contributed by atoms with Crippen LogP contribution in [0, 0.1) is 11.6 Å². The van der Waals surface area contributed by atoms with Gasteiger partial charge in [-0.3, -0.25) is 9.36 Å². The predicted octanol–water partition coefficient (Wildman–Crippen LogP) is 6.93. The Balaban J connectivity index is 0.000000154. The largest absolute Gasteiger partial charge is 0.360 e. The van der Waals surface area contributed by atoms with E-state index in [0.717, 1.165) is 95.9 Å². The molecule has 2 aliphatic rings. The van der Waals surface area contributed by atoms with Gasteiger partial charge in [0.1, 0.15) is 11.6 Å². The van der Waals surface area contributed by atoms with Crippen LogP contribution in [0.3, 0.4) is 0 Å². The minimum atomic E-state index is -0.249. The smallest absolute Gasteiger partial charge is 0.319 e. The molecule has 2 aliphatic heterocycles. The number of hydrogen-bond donors (Lipinski definition) is 2. The Morgan fingerprint density at radius 2 is 1.21 bits per heavy atom. The lowest BCUT2D eigenvalue weighted by molar-refractivity contribution is 0.146. The summed E-state index contributed by atoms with van der Waals surface area (Å²) in [6.07, 6.45) is 15.8. The molecule has 0 aliphatic carbocycles. The molecule has 0 atom stereocenters. The van der Waals surface area contributed by atoms with Gasteiger partial charge in [-0.15, -0.1) is 0 Å². The van der Waals surface area contributed by atoms with Gasteiger partial charge < -0.3 is 24.7 Å². The van der Waals surface area contributed by atoms with Gasteiger partial charge in [0.05, 0.1) is 24.5 Å². The van der Waals surface area contributed by atoms with Gasteiger partial charge in [-0.05, 0) is 82.2 Å². The van der Waals surface area contributed by atoms with Crippen molar-refractivity contribution in [2.75, 3.05) is 47.3 Å². The van der Waals surface area contributed by atoms with Crippen molar-refractivity contribution in [1.82, 2.24) is 44.2 Å². The molecular formula is C36H41F2N9O. The van der Waals surface area contributed by atoms with Crippen molar-refractivity contribution >= 4 is 27.8 Å². The number of halogens is 2. The summed E-state index contributed by atoms with van der Waals surface area (Å²) in [6, 6.07) is 10.5. The lowest BCUT2D eigenvalue weighted by Gasteiger charge is -2.33. The number of fused-ring (bicyclic) bond motifs is 2. The van der Waals surface area contributed by atoms with Gasteiger partial charge in [0.15, 0.2) is 0 Å². The molecular weight excluding hydrogens is 612 g/mol. The van der Waals surface area contributed by atoms with E-state index < -0.39 is 0 Å². The molecule has 48 heavy (non-hydrogen) atoms. The summed E-state index contributed by atoms with van der Waals surface area (Å²) in [4.78, 5) is 24.2. The highest BCUT2D eigenvalue weighted by atomic mass is 19.1. The molecule has 6 heterocycles. The molecule has 2 saturated heterocycles. The molecule has 12 heteroatoms. The summed E-state index contributed by atoms with van der Waals surface area (Å²) >= 11 is 0. The zero-order valence-electron chi connectivity index (χ0n) is 27.5. The summed E-state index contributed by atoms with van der Waals surface area (Å²) in [7, 11) is 5.72. The van der Waals surface area contributed by atoms with Gasteiger partial charge in [-0.2, -0.15) is 10.2 Å². The third kappa shape index (κ3) is 6.44. The monoisotopic (exact) mass is 653 g/mol. The highest BCUT2D eigenvalue weighted by molar-refractivity contribution is 5.96. The number of benzene rings is 2. The number of H-pyrrole nitrogens is 2. The van der Waals surface area contributed by atoms with Crippen LogP contribution in [0.15, 0.2) is 73.6 Å². The first-order valence-corrected chi connectivity index (χ1v) is 16.5. The third-order valence-corrected chi connectivity index (χ3v) is 9.67. The fraction of sp³-hybridized carbons (Fsp3) is 0.361. The number of carbonyl (C=O) groups is 1. The third-order valence-electron chi connectivity index (χ3n) is 9.67. The fourth-order valence-corrected chi connectivity index (χ4v) is 6.89. The van der Waals surface area contributed by atoms with E-state index >= 15 is 0 Å². The van der Waals surface area contributed by atoms with Crippen LogP contribution in [0.5, 0.6) is 0 Å². The molecule has 0 bridgehead atoms. The summed E-state index contributed by atoms with van der Waals surface area (Å²) in [6.45, 7) is 3.71. The molecule has 8 rings (SSSR count). The Morgan fingerprint density at radius 3 is 1.67 bits per heavy atom. The van der Waals surface area contributed by atoms with Crippen LogP contribution in [0.4, 0.5) is 13.6 Å². The Hall–Kier alpha value is -4.97. The Morgan fingerprint density at radius 1 is 0.750 bits per heavy atom. The average Bonchev–Trinajstić information content (AvgIpc) is 3.91. The van der Waals surface area contributed by atoms with E-state index in [2.05, 4.69) is 43.0 Å². The second-order valence-electron chi connectivity index (χ2n) is 13.1. The van der Waals surface area contributed by atoms with E-state index in [1.165, 1.54) is 24.3 Å². The van der Waals surface area contributed by atoms with Crippen LogP contribution >= 0.6 is 0 Å². The number of likely N-dealkylation sites (tertiary alicyclic amines) is 2. The number of aromatic nitrogens is 6. The molecule has 0 unspecified atom stereocenters. The molecule has 6 aromatic rings. The number of urea groups is 1. The molecule has 0 saturated carbocycles. The summed E-state index contributed by atoms with van der Waals surface area (Å²) < 4.78 is 30.7. The maximum absolute atomic E-state index is 13.4. The van der Waals surface area contributed by atoms with Crippen LogP contribution in [-0.2, 0) is 0 Å². The van der Waals surface area contributed by atoms with Crippen molar-refractivity contribution in [2.24, 2.45) is 0 Å². The van der Waals surface area contributed by atoms with Crippen molar-refractivity contribution in [3.8, 4) is 22.3 Å². The van der Waals surface area contributed by atoms with Crippen LogP contribution in [0.1, 0.15) is 37.8 Å². The quantitative estimate of drug-likeness (QED) is 0.216. The molecule has 0 spiro atoms. The first-order valence-electron chi connectivity index (χ1n) is 16.5. The standard InChI is InChI=1S/C19H22FN5O.C17H19FN4/c1-23(2)19(26)24-7-5-15(6-8-24)25-12-13(10-22-25)17-11-21-18-9-14(20)3-4-16(17)18;1-21-6-4-14(5-7-21)22-11-12(9-20-22)16-10-19-17-8-13(18)2-3-15(16)17/h3-4,9-12,15,21H,5-8H2,1-2H3;2-3,8-11,14,19H,4-7H2,1H3. The second kappa shape index (κ2) is 13.3. The van der Waals surface area contributed by atoms with E-state index in [0.29, 0.717) is 6.04 Å². The highest BCUT2D eigenvalue weighted by Crippen LogP contribution is 2.32. The van der Waals surface area contributed by atoms with Gasteiger partial charge in [0.2, 0.25) is 0 Å². The maximum atomic E-state index is 13.4. The lowest BCUT2D eigenvalue weighted by atomic mass is 10.1. The highest BCUT2D eigenvalue weighted by Gasteiger charge is 2.25. The van der Waals surface area contributed by atoms with Crippen molar-refractivity contribution in [1.29, 1.82) is 0 Å². The summed E-state index contributed by atoms with van der Waals surface area (Å²) in [5, 5.41) is 11.1. The van der Waals surface area contributed by atoms with E-state index in [4.69, 9.17) is 0 Å². The van der Waals surface area contributed by atoms with Gasteiger partial charge in [0.25, 0.3) is 0 Å². The SMILES string of the molecule is CN(C)C(=O)N1CCC(n2cc(-c3c[nH]c4cc(F)ccc34)cn2)CC1.CN1CCC(n2cc(-c3c[nH]c4cc(F)ccc34)cn2)CC1. The molecule has 2 N–H and O–H groups in total. The number of rotatable bonds is 4. The maximum Gasteiger partial charge on any atom is 0.319 e. The molecule has 2 fully saturated rings. The van der Waals surface area contributed by atoms with Crippen molar-refractivity contribution in [2.45, 2.75) is 37.8 Å². The van der Waals surface area contributed by atoms with Gasteiger partial charge >= 0.3 is 6.03 Å². The summed E-state index contributed by atoms with van der Waals surface area (Å²) in [5.41, 5.74) is 5.79. The zero-order valence-corrected chi connectivity index (χ0v) is 27.5. The molecule has 0 radical (unpaired) electrons. The van der Waals surface area contributed by atoms with Gasteiger partial charge in [-0.1, -0.05) is 0 Å². The van der Waals surface area contributed by atoms with Crippen LogP contribution < -0.4 is 0 Å². The average molecular weight is 654 g/mol. The number of nitrogens with one attached hydrogen (secondary N) is 2. The Kier molecular flexibility index (Phi) is 8.74. The van der Waals surface area contributed by atoms with Crippen molar-refractivity contribution in [3.05, 3.63) is 85.2 Å². The fourth-order valence-electron chi connectivity index (χ4n) is 6.89. The van der Waals surface area contributed by atoms with Crippen LogP contribution in [0.25, 0.3) is 44.1 Å². The first kappa shape index (κ1) is 31.6. The van der Waals surface area contributed by atoms with E-state index in [-0.39, 0.29) is 23.7 Å². The Labute approximate surface area is 277 Å². The number of nitrogens with zero attached hydrogens (tertiary/aromatic N) is 7. The number of hydrogen-bond acceptors (Lipinski definition) is 4.